The van der Waals surface area contributed by atoms with Gasteiger partial charge in [0.05, 0.1) is 6.04 Å². The minimum atomic E-state index is -1.44. The third-order valence-electron chi connectivity index (χ3n) is 7.88. The number of carbonyl (C=O) groups is 1. The van der Waals surface area contributed by atoms with Gasteiger partial charge < -0.3 is 4.74 Å². The van der Waals surface area contributed by atoms with Crippen molar-refractivity contribution in [3.8, 4) is 0 Å². The summed E-state index contributed by atoms with van der Waals surface area (Å²) >= 11 is 0. The molecule has 40 heavy (non-hydrogen) atoms. The molecule has 1 aliphatic carbocycles. The first kappa shape index (κ1) is 28.4. The number of carbonyl (C=O) groups excluding carboxylic acids is 1. The van der Waals surface area contributed by atoms with Gasteiger partial charge in [-0.2, -0.15) is 0 Å². The van der Waals surface area contributed by atoms with Crippen molar-refractivity contribution in [2.24, 2.45) is 0 Å². The minimum absolute atomic E-state index is 0.0667. The maximum absolute atomic E-state index is 13.0. The number of hydrogen-bond donors (Lipinski definition) is 0. The second kappa shape index (κ2) is 11.4. The van der Waals surface area contributed by atoms with Crippen LogP contribution in [0, 0.1) is 0 Å². The smallest absolute Gasteiger partial charge is 0.410 e. The SMILES string of the molecule is C[Si](C)(C)CC1=C([C@H](C[Si](C)(C)C)c2ccccc2)/C(=C/CN2C(=O)OC[C@@H]2c2ccccc2)c2ccccc21. The summed E-state index contributed by atoms with van der Waals surface area (Å²) in [5.74, 6) is 0.327. The van der Waals surface area contributed by atoms with E-state index in [4.69, 9.17) is 4.74 Å². The zero-order chi connectivity index (χ0) is 28.5. The molecule has 3 aromatic carbocycles. The summed E-state index contributed by atoms with van der Waals surface area (Å²) in [7, 11) is -2.88. The predicted molar refractivity (Wildman–Crippen MR) is 174 cm³/mol. The molecule has 208 valence electrons. The zero-order valence-corrected chi connectivity index (χ0v) is 26.9. The highest BCUT2D eigenvalue weighted by Crippen LogP contribution is 2.52. The Morgan fingerprint density at radius 2 is 1.43 bits per heavy atom. The molecule has 0 saturated carbocycles. The number of nitrogens with zero attached hydrogens (tertiary/aromatic N) is 1. The Labute approximate surface area is 242 Å². The van der Waals surface area contributed by atoms with E-state index in [0.717, 1.165) is 11.6 Å². The van der Waals surface area contributed by atoms with Gasteiger partial charge in [-0.15, -0.1) is 0 Å². The van der Waals surface area contributed by atoms with Crippen LogP contribution in [0.15, 0.2) is 96.6 Å². The summed E-state index contributed by atoms with van der Waals surface area (Å²) in [4.78, 5) is 14.9. The molecule has 1 fully saturated rings. The Hall–Kier alpha value is -3.16. The van der Waals surface area contributed by atoms with Crippen LogP contribution in [0.1, 0.15) is 34.2 Å². The molecule has 1 heterocycles. The summed E-state index contributed by atoms with van der Waals surface area (Å²) in [5, 5.41) is 0. The minimum Gasteiger partial charge on any atom is -0.447 e. The number of cyclic esters (lactones) is 1. The normalized spacial score (nSPS) is 19.2. The van der Waals surface area contributed by atoms with Gasteiger partial charge in [-0.3, -0.25) is 4.90 Å². The van der Waals surface area contributed by atoms with Crippen LogP contribution < -0.4 is 0 Å². The lowest BCUT2D eigenvalue weighted by Crippen LogP contribution is -2.28. The average molecular weight is 566 g/mol. The maximum Gasteiger partial charge on any atom is 0.410 e. The molecular formula is C35H43NO2Si2. The summed E-state index contributed by atoms with van der Waals surface area (Å²) in [6, 6.07) is 32.6. The third-order valence-corrected chi connectivity index (χ3v) is 10.9. The topological polar surface area (TPSA) is 29.5 Å². The van der Waals surface area contributed by atoms with Gasteiger partial charge in [-0.1, -0.05) is 130 Å². The molecule has 2 aliphatic rings. The van der Waals surface area contributed by atoms with E-state index in [1.807, 2.05) is 23.1 Å². The van der Waals surface area contributed by atoms with Gasteiger partial charge in [0.15, 0.2) is 0 Å². The van der Waals surface area contributed by atoms with Crippen LogP contribution in [0.2, 0.25) is 51.4 Å². The van der Waals surface area contributed by atoms with Crippen molar-refractivity contribution in [1.29, 1.82) is 0 Å². The Morgan fingerprint density at radius 1 is 0.825 bits per heavy atom. The lowest BCUT2D eigenvalue weighted by Gasteiger charge is -2.30. The molecule has 5 rings (SSSR count). The fraction of sp³-hybridized carbons (Fsp3) is 0.343. The van der Waals surface area contributed by atoms with Crippen molar-refractivity contribution in [3.63, 3.8) is 0 Å². The van der Waals surface area contributed by atoms with Crippen molar-refractivity contribution in [2.75, 3.05) is 13.2 Å². The first-order chi connectivity index (χ1) is 19.0. The quantitative estimate of drug-likeness (QED) is 0.242. The van der Waals surface area contributed by atoms with Crippen molar-refractivity contribution in [3.05, 3.63) is 119 Å². The van der Waals surface area contributed by atoms with Gasteiger partial charge in [0.2, 0.25) is 0 Å². The van der Waals surface area contributed by atoms with Gasteiger partial charge in [0.1, 0.15) is 6.61 Å². The van der Waals surface area contributed by atoms with E-state index >= 15 is 0 Å². The monoisotopic (exact) mass is 565 g/mol. The Morgan fingerprint density at radius 3 is 2.05 bits per heavy atom. The number of rotatable bonds is 9. The molecule has 2 atom stereocenters. The number of hydrogen-bond acceptors (Lipinski definition) is 2. The summed E-state index contributed by atoms with van der Waals surface area (Å²) in [6.45, 7) is 15.8. The average Bonchev–Trinajstić information content (AvgIpc) is 3.43. The maximum atomic E-state index is 13.0. The molecule has 1 amide bonds. The van der Waals surface area contributed by atoms with Crippen molar-refractivity contribution >= 4 is 33.4 Å². The first-order valence-electron chi connectivity index (χ1n) is 14.6. The van der Waals surface area contributed by atoms with Crippen LogP contribution >= 0.6 is 0 Å². The molecule has 5 heteroatoms. The standard InChI is InChI=1S/C35H43NO2Si2/c1-39(2,3)24-31(26-15-9-7-10-16-26)34-30(28-19-13-14-20-29(28)32(34)25-40(4,5)6)21-22-36-33(23-38-35(36)37)27-17-11-8-12-18-27/h7-21,31,33H,22-25H2,1-6H3/b30-21+/t31-,33-/m1/s1. The summed E-state index contributed by atoms with van der Waals surface area (Å²) in [6.07, 6.45) is 2.10. The van der Waals surface area contributed by atoms with E-state index in [0.29, 0.717) is 19.1 Å². The lowest BCUT2D eigenvalue weighted by molar-refractivity contribution is 0.160. The Kier molecular flexibility index (Phi) is 8.07. The Balaban J connectivity index is 1.65. The fourth-order valence-electron chi connectivity index (χ4n) is 6.25. The molecule has 0 unspecified atom stereocenters. The first-order valence-corrected chi connectivity index (χ1v) is 22.0. The lowest BCUT2D eigenvalue weighted by atomic mass is 9.86. The molecule has 3 aromatic rings. The van der Waals surface area contributed by atoms with Gasteiger partial charge in [0.25, 0.3) is 0 Å². The molecule has 0 aromatic heterocycles. The molecule has 1 saturated heterocycles. The van der Waals surface area contributed by atoms with Crippen LogP contribution in [-0.2, 0) is 4.74 Å². The van der Waals surface area contributed by atoms with Crippen molar-refractivity contribution < 1.29 is 9.53 Å². The number of fused-ring (bicyclic) bond motifs is 1. The number of allylic oxidation sites excluding steroid dienone is 3. The zero-order valence-electron chi connectivity index (χ0n) is 24.9. The van der Waals surface area contributed by atoms with E-state index in [-0.39, 0.29) is 12.1 Å². The molecule has 3 nitrogen and oxygen atoms in total. The van der Waals surface area contributed by atoms with E-state index in [1.165, 1.54) is 39.5 Å². The molecule has 0 N–H and O–H groups in total. The van der Waals surface area contributed by atoms with Crippen LogP contribution in [0.3, 0.4) is 0 Å². The predicted octanol–water partition coefficient (Wildman–Crippen LogP) is 9.49. The van der Waals surface area contributed by atoms with E-state index in [9.17, 15) is 4.79 Å². The number of ether oxygens (including phenoxy) is 1. The molecule has 0 radical (unpaired) electrons. The fourth-order valence-corrected chi connectivity index (χ4v) is 9.36. The number of amides is 1. The van der Waals surface area contributed by atoms with Gasteiger partial charge >= 0.3 is 6.09 Å². The van der Waals surface area contributed by atoms with Crippen LogP contribution in [0.25, 0.3) is 11.1 Å². The van der Waals surface area contributed by atoms with E-state index in [2.05, 4.69) is 112 Å². The van der Waals surface area contributed by atoms with Crippen LogP contribution in [0.5, 0.6) is 0 Å². The molecular weight excluding hydrogens is 523 g/mol. The molecule has 1 aliphatic heterocycles. The highest BCUT2D eigenvalue weighted by atomic mass is 28.3. The molecule has 0 spiro atoms. The van der Waals surface area contributed by atoms with Crippen molar-refractivity contribution in [1.82, 2.24) is 4.90 Å². The summed E-state index contributed by atoms with van der Waals surface area (Å²) in [5.41, 5.74) is 9.53. The highest BCUT2D eigenvalue weighted by Gasteiger charge is 2.37. The van der Waals surface area contributed by atoms with Crippen LogP contribution in [-0.4, -0.2) is 40.3 Å². The number of benzene rings is 3. The van der Waals surface area contributed by atoms with E-state index < -0.39 is 16.1 Å². The van der Waals surface area contributed by atoms with E-state index in [1.54, 1.807) is 0 Å². The second-order valence-corrected chi connectivity index (χ2v) is 24.7. The largest absolute Gasteiger partial charge is 0.447 e. The van der Waals surface area contributed by atoms with Gasteiger partial charge in [-0.05, 0) is 51.1 Å². The molecule has 0 bridgehead atoms. The van der Waals surface area contributed by atoms with Gasteiger partial charge in [0, 0.05) is 28.6 Å². The highest BCUT2D eigenvalue weighted by molar-refractivity contribution is 6.78. The Bertz CT molecular complexity index is 1410. The third kappa shape index (κ3) is 6.26. The van der Waals surface area contributed by atoms with Gasteiger partial charge in [-0.25, -0.2) is 4.79 Å². The second-order valence-electron chi connectivity index (χ2n) is 13.7. The van der Waals surface area contributed by atoms with Crippen molar-refractivity contribution in [2.45, 2.75) is 63.3 Å². The van der Waals surface area contributed by atoms with Crippen LogP contribution in [0.4, 0.5) is 4.79 Å². The summed E-state index contributed by atoms with van der Waals surface area (Å²) < 4.78 is 5.57.